The fourth-order valence-corrected chi connectivity index (χ4v) is 1.91. The van der Waals surface area contributed by atoms with Crippen molar-refractivity contribution >= 4 is 11.6 Å². The lowest BCUT2D eigenvalue weighted by atomic mass is 10.1. The van der Waals surface area contributed by atoms with Crippen molar-refractivity contribution in [2.45, 2.75) is 13.0 Å². The Morgan fingerprint density at radius 2 is 1.83 bits per heavy atom. The molecule has 4 nitrogen and oxygen atoms in total. The number of benzene rings is 1. The first-order valence-electron chi connectivity index (χ1n) is 6.23. The number of anilines is 1. The molecular weight excluding hydrogens is 226 g/mol. The molecule has 1 aromatic carbocycles. The van der Waals surface area contributed by atoms with E-state index in [9.17, 15) is 4.79 Å². The Kier molecular flexibility index (Phi) is 5.16. The molecule has 0 aliphatic rings. The Bertz CT molecular complexity index is 385. The molecular formula is C14H24N3O+. The van der Waals surface area contributed by atoms with Crippen LogP contribution in [0.2, 0.25) is 0 Å². The van der Waals surface area contributed by atoms with Crippen molar-refractivity contribution in [1.29, 1.82) is 0 Å². The highest BCUT2D eigenvalue weighted by Crippen LogP contribution is 2.15. The van der Waals surface area contributed by atoms with Crippen LogP contribution in [-0.4, -0.2) is 40.6 Å². The van der Waals surface area contributed by atoms with Crippen LogP contribution in [0.4, 0.5) is 5.69 Å². The zero-order valence-electron chi connectivity index (χ0n) is 11.9. The molecule has 0 heterocycles. The smallest absolute Gasteiger partial charge is 0.217 e. The van der Waals surface area contributed by atoms with Gasteiger partial charge in [0.15, 0.2) is 0 Å². The van der Waals surface area contributed by atoms with Crippen LogP contribution in [0.3, 0.4) is 0 Å². The van der Waals surface area contributed by atoms with Gasteiger partial charge < -0.3 is 15.1 Å². The Morgan fingerprint density at radius 3 is 2.22 bits per heavy atom. The van der Waals surface area contributed by atoms with E-state index in [2.05, 4.69) is 48.6 Å². The van der Waals surface area contributed by atoms with E-state index in [0.717, 1.165) is 0 Å². The number of hydrogen-bond donors (Lipinski definition) is 2. The first-order valence-corrected chi connectivity index (χ1v) is 6.23. The maximum Gasteiger partial charge on any atom is 0.217 e. The maximum absolute atomic E-state index is 11.0. The summed E-state index contributed by atoms with van der Waals surface area (Å²) >= 11 is 0. The van der Waals surface area contributed by atoms with Gasteiger partial charge in [0.2, 0.25) is 5.91 Å². The summed E-state index contributed by atoms with van der Waals surface area (Å²) in [5.41, 5.74) is 2.43. The quantitative estimate of drug-likeness (QED) is 0.776. The van der Waals surface area contributed by atoms with Gasteiger partial charge in [0.05, 0.1) is 20.6 Å². The normalized spacial score (nSPS) is 12.3. The highest BCUT2D eigenvalue weighted by Gasteiger charge is 2.17. The number of quaternary nitrogens is 1. The molecule has 18 heavy (non-hydrogen) atoms. The fraction of sp³-hybridized carbons (Fsp3) is 0.500. The number of nitrogens with zero attached hydrogens (tertiary/aromatic N) is 1. The van der Waals surface area contributed by atoms with E-state index in [0.29, 0.717) is 6.54 Å². The van der Waals surface area contributed by atoms with Gasteiger partial charge in [0.25, 0.3) is 0 Å². The largest absolute Gasteiger partial charge is 0.378 e. The lowest BCUT2D eigenvalue weighted by Gasteiger charge is -2.22. The number of carbonyl (C=O) groups excluding carboxylic acids is 1. The summed E-state index contributed by atoms with van der Waals surface area (Å²) in [6.45, 7) is 2.22. The summed E-state index contributed by atoms with van der Waals surface area (Å²) in [6.07, 6.45) is 0. The van der Waals surface area contributed by atoms with Crippen LogP contribution in [0.1, 0.15) is 18.5 Å². The third kappa shape index (κ3) is 4.04. The maximum atomic E-state index is 11.0. The number of likely N-dealkylation sites (N-methyl/N-ethyl adjacent to an activating group) is 1. The third-order valence-corrected chi connectivity index (χ3v) is 3.06. The molecule has 0 unspecified atom stereocenters. The second-order valence-corrected chi connectivity index (χ2v) is 5.05. The van der Waals surface area contributed by atoms with Gasteiger partial charge in [-0.25, -0.2) is 0 Å². The van der Waals surface area contributed by atoms with Crippen LogP contribution in [0.5, 0.6) is 0 Å². The average molecular weight is 250 g/mol. The molecule has 1 rings (SSSR count). The molecule has 0 aliphatic heterocycles. The van der Waals surface area contributed by atoms with Crippen LogP contribution in [-0.2, 0) is 4.79 Å². The number of rotatable bonds is 5. The van der Waals surface area contributed by atoms with Gasteiger partial charge in [0.1, 0.15) is 6.04 Å². The van der Waals surface area contributed by atoms with Crippen molar-refractivity contribution in [2.75, 3.05) is 39.6 Å². The second kappa shape index (κ2) is 6.40. The number of amides is 1. The summed E-state index contributed by atoms with van der Waals surface area (Å²) in [5.74, 6) is 0.0196. The summed E-state index contributed by atoms with van der Waals surface area (Å²) in [7, 11) is 8.26. The number of carbonyl (C=O) groups is 1. The van der Waals surface area contributed by atoms with Crippen LogP contribution in [0, 0.1) is 0 Å². The van der Waals surface area contributed by atoms with E-state index in [1.54, 1.807) is 6.92 Å². The second-order valence-electron chi connectivity index (χ2n) is 5.05. The lowest BCUT2D eigenvalue weighted by molar-refractivity contribution is -0.890. The fourth-order valence-electron chi connectivity index (χ4n) is 1.91. The van der Waals surface area contributed by atoms with Gasteiger partial charge in [0, 0.05) is 32.3 Å². The van der Waals surface area contributed by atoms with Crippen LogP contribution >= 0.6 is 0 Å². The van der Waals surface area contributed by atoms with Gasteiger partial charge in [-0.1, -0.05) is 12.1 Å². The summed E-state index contributed by atoms with van der Waals surface area (Å²) in [6, 6.07) is 8.77. The molecule has 0 aromatic heterocycles. The van der Waals surface area contributed by atoms with Crippen LogP contribution in [0.25, 0.3) is 0 Å². The van der Waals surface area contributed by atoms with Crippen molar-refractivity contribution < 1.29 is 9.69 Å². The minimum Gasteiger partial charge on any atom is -0.378 e. The van der Waals surface area contributed by atoms with Crippen LogP contribution < -0.4 is 15.1 Å². The van der Waals surface area contributed by atoms with E-state index in [1.807, 2.05) is 14.1 Å². The topological polar surface area (TPSA) is 36.8 Å². The van der Waals surface area contributed by atoms with Gasteiger partial charge in [-0.2, -0.15) is 0 Å². The SMILES string of the molecule is CC(=O)NC[C@H](c1ccc(N(C)C)cc1)[NH+](C)C. The number of hydrogen-bond acceptors (Lipinski definition) is 2. The molecule has 0 saturated carbocycles. The zero-order chi connectivity index (χ0) is 13.7. The van der Waals surface area contributed by atoms with Crippen LogP contribution in [0.15, 0.2) is 24.3 Å². The molecule has 0 radical (unpaired) electrons. The van der Waals surface area contributed by atoms with E-state index < -0.39 is 0 Å². The molecule has 1 amide bonds. The molecule has 1 atom stereocenters. The van der Waals surface area contributed by atoms with Gasteiger partial charge in [-0.05, 0) is 12.1 Å². The molecule has 0 saturated heterocycles. The van der Waals surface area contributed by atoms with Gasteiger partial charge in [-0.3, -0.25) is 4.79 Å². The number of nitrogens with one attached hydrogen (secondary N) is 2. The standard InChI is InChI=1S/C14H23N3O/c1-11(18)15-10-14(17(4)5)12-6-8-13(9-7-12)16(2)3/h6-9,14H,10H2,1-5H3,(H,15,18)/p+1/t14-/m1/s1. The molecule has 4 heteroatoms. The van der Waals surface area contributed by atoms with Gasteiger partial charge in [-0.15, -0.1) is 0 Å². The van der Waals surface area contributed by atoms with E-state index >= 15 is 0 Å². The van der Waals surface area contributed by atoms with Crippen molar-refractivity contribution in [1.82, 2.24) is 5.32 Å². The monoisotopic (exact) mass is 250 g/mol. The third-order valence-electron chi connectivity index (χ3n) is 3.06. The summed E-state index contributed by atoms with van der Waals surface area (Å²) in [5, 5.41) is 2.89. The molecule has 0 bridgehead atoms. The van der Waals surface area contributed by atoms with Crippen molar-refractivity contribution in [2.24, 2.45) is 0 Å². The first kappa shape index (κ1) is 14.5. The molecule has 100 valence electrons. The molecule has 1 aromatic rings. The highest BCUT2D eigenvalue weighted by atomic mass is 16.1. The Morgan fingerprint density at radius 1 is 1.28 bits per heavy atom. The van der Waals surface area contributed by atoms with E-state index in [-0.39, 0.29) is 11.9 Å². The molecule has 0 fully saturated rings. The average Bonchev–Trinajstić information content (AvgIpc) is 2.29. The lowest BCUT2D eigenvalue weighted by Crippen LogP contribution is -3.07. The van der Waals surface area contributed by atoms with Crippen molar-refractivity contribution in [3.63, 3.8) is 0 Å². The first-order chi connectivity index (χ1) is 8.41. The molecule has 0 aliphatic carbocycles. The Balaban J connectivity index is 2.82. The van der Waals surface area contributed by atoms with Crippen molar-refractivity contribution in [3.8, 4) is 0 Å². The summed E-state index contributed by atoms with van der Waals surface area (Å²) in [4.78, 5) is 14.4. The van der Waals surface area contributed by atoms with E-state index in [1.165, 1.54) is 16.2 Å². The Hall–Kier alpha value is -1.55. The highest BCUT2D eigenvalue weighted by molar-refractivity contribution is 5.72. The summed E-state index contributed by atoms with van der Waals surface area (Å²) < 4.78 is 0. The van der Waals surface area contributed by atoms with E-state index in [4.69, 9.17) is 0 Å². The minimum absolute atomic E-state index is 0.0196. The van der Waals surface area contributed by atoms with Gasteiger partial charge >= 0.3 is 0 Å². The molecule has 2 N–H and O–H groups in total. The molecule has 0 spiro atoms. The predicted octanol–water partition coefficient (Wildman–Crippen LogP) is 0.0743. The zero-order valence-corrected chi connectivity index (χ0v) is 11.9. The Labute approximate surface area is 110 Å². The minimum atomic E-state index is 0.0196. The predicted molar refractivity (Wildman–Crippen MR) is 75.0 cm³/mol. The van der Waals surface area contributed by atoms with Crippen molar-refractivity contribution in [3.05, 3.63) is 29.8 Å².